The monoisotopic (exact) mass is 437 g/mol. The molecule has 0 N–H and O–H groups in total. The van der Waals surface area contributed by atoms with Crippen LogP contribution < -0.4 is 0 Å². The van der Waals surface area contributed by atoms with Crippen molar-refractivity contribution in [1.29, 1.82) is 0 Å². The second kappa shape index (κ2) is 8.45. The average Bonchev–Trinajstić information content (AvgIpc) is 3.44. The van der Waals surface area contributed by atoms with E-state index in [2.05, 4.69) is 10.1 Å². The number of halogens is 2. The fourth-order valence-electron chi connectivity index (χ4n) is 4.74. The Morgan fingerprint density at radius 2 is 1.94 bits per heavy atom. The standard InChI is InChI=1S/C25H25F2N3O2/c26-20-9-7-19(8-10-20)23-28-24(29-32-23)25(15-17-5-6-17)11-2-12-30(16-25)22(31)14-18-3-1-4-21(27)13-18/h1,3-4,7-10,13,17H,2,5-6,11-12,14-16H2. The van der Waals surface area contributed by atoms with E-state index in [1.165, 1.54) is 37.1 Å². The third kappa shape index (κ3) is 4.42. The molecule has 166 valence electrons. The van der Waals surface area contributed by atoms with Crippen LogP contribution >= 0.6 is 0 Å². The second-order valence-electron chi connectivity index (χ2n) is 9.08. The maximum absolute atomic E-state index is 13.5. The second-order valence-corrected chi connectivity index (χ2v) is 9.08. The number of aromatic nitrogens is 2. The number of piperidine rings is 1. The molecule has 0 radical (unpaired) electrons. The van der Waals surface area contributed by atoms with Crippen LogP contribution in [0.15, 0.2) is 53.1 Å². The zero-order valence-corrected chi connectivity index (χ0v) is 17.8. The number of nitrogens with zero attached hydrogens (tertiary/aromatic N) is 3. The van der Waals surface area contributed by atoms with Gasteiger partial charge in [-0.3, -0.25) is 4.79 Å². The first-order valence-electron chi connectivity index (χ1n) is 11.1. The van der Waals surface area contributed by atoms with E-state index >= 15 is 0 Å². The number of rotatable bonds is 6. The zero-order chi connectivity index (χ0) is 22.1. The molecule has 0 spiro atoms. The van der Waals surface area contributed by atoms with E-state index in [0.717, 1.165) is 19.3 Å². The summed E-state index contributed by atoms with van der Waals surface area (Å²) in [6.45, 7) is 1.20. The molecule has 2 aromatic carbocycles. The van der Waals surface area contributed by atoms with E-state index in [9.17, 15) is 13.6 Å². The molecule has 1 aliphatic carbocycles. The molecule has 0 bridgehead atoms. The lowest BCUT2D eigenvalue weighted by Crippen LogP contribution is -2.49. The summed E-state index contributed by atoms with van der Waals surface area (Å²) in [6, 6.07) is 12.2. The highest BCUT2D eigenvalue weighted by molar-refractivity contribution is 5.79. The van der Waals surface area contributed by atoms with Gasteiger partial charge in [-0.15, -0.1) is 0 Å². The predicted octanol–water partition coefficient (Wildman–Crippen LogP) is 4.92. The molecule has 2 fully saturated rings. The van der Waals surface area contributed by atoms with Crippen LogP contribution in [0.25, 0.3) is 11.5 Å². The minimum atomic E-state index is -0.362. The van der Waals surface area contributed by atoms with Crippen molar-refractivity contribution in [3.8, 4) is 11.5 Å². The number of carbonyl (C=O) groups excluding carboxylic acids is 1. The topological polar surface area (TPSA) is 59.2 Å². The molecule has 1 atom stereocenters. The van der Waals surface area contributed by atoms with Gasteiger partial charge >= 0.3 is 0 Å². The molecule has 2 aliphatic rings. The Kier molecular flexibility index (Phi) is 5.49. The number of amides is 1. The summed E-state index contributed by atoms with van der Waals surface area (Å²) >= 11 is 0. The Labute approximate surface area is 185 Å². The highest BCUT2D eigenvalue weighted by atomic mass is 19.1. The Hall–Kier alpha value is -3.09. The van der Waals surface area contributed by atoms with Crippen LogP contribution in [0.4, 0.5) is 8.78 Å². The minimum Gasteiger partial charge on any atom is -0.341 e. The molecule has 5 rings (SSSR count). The van der Waals surface area contributed by atoms with E-state index in [0.29, 0.717) is 41.8 Å². The SMILES string of the molecule is O=C(Cc1cccc(F)c1)N1CCCC(CC2CC2)(c2noc(-c3ccc(F)cc3)n2)C1. The summed E-state index contributed by atoms with van der Waals surface area (Å²) < 4.78 is 32.4. The molecular formula is C25H25F2N3O2. The Morgan fingerprint density at radius 3 is 2.69 bits per heavy atom. The van der Waals surface area contributed by atoms with Gasteiger partial charge in [-0.2, -0.15) is 4.98 Å². The van der Waals surface area contributed by atoms with E-state index in [1.807, 2.05) is 4.90 Å². The Bertz CT molecular complexity index is 1110. The van der Waals surface area contributed by atoms with Crippen LogP contribution in [-0.2, 0) is 16.6 Å². The van der Waals surface area contributed by atoms with Gasteiger partial charge in [-0.1, -0.05) is 30.1 Å². The van der Waals surface area contributed by atoms with Crippen molar-refractivity contribution in [3.63, 3.8) is 0 Å². The molecular weight excluding hydrogens is 412 g/mol. The summed E-state index contributed by atoms with van der Waals surface area (Å²) in [7, 11) is 0. The Morgan fingerprint density at radius 1 is 1.12 bits per heavy atom. The van der Waals surface area contributed by atoms with Crippen LogP contribution in [-0.4, -0.2) is 34.0 Å². The van der Waals surface area contributed by atoms with Gasteiger partial charge in [-0.25, -0.2) is 8.78 Å². The highest BCUT2D eigenvalue weighted by Gasteiger charge is 2.45. The van der Waals surface area contributed by atoms with Crippen molar-refractivity contribution < 1.29 is 18.1 Å². The molecule has 2 heterocycles. The van der Waals surface area contributed by atoms with E-state index in [-0.39, 0.29) is 29.4 Å². The number of likely N-dealkylation sites (tertiary alicyclic amines) is 1. The maximum Gasteiger partial charge on any atom is 0.257 e. The summed E-state index contributed by atoms with van der Waals surface area (Å²) in [5.74, 6) is 0.916. The number of hydrogen-bond acceptors (Lipinski definition) is 4. The maximum atomic E-state index is 13.5. The molecule has 3 aromatic rings. The number of benzene rings is 2. The van der Waals surface area contributed by atoms with Gasteiger partial charge in [-0.05, 0) is 67.1 Å². The van der Waals surface area contributed by atoms with Crippen molar-refractivity contribution in [2.24, 2.45) is 5.92 Å². The van der Waals surface area contributed by atoms with Gasteiger partial charge < -0.3 is 9.42 Å². The van der Waals surface area contributed by atoms with Crippen molar-refractivity contribution in [3.05, 3.63) is 71.6 Å². The average molecular weight is 437 g/mol. The van der Waals surface area contributed by atoms with E-state index in [1.54, 1.807) is 24.3 Å². The first-order valence-corrected chi connectivity index (χ1v) is 11.1. The molecule has 1 aliphatic heterocycles. The third-order valence-corrected chi connectivity index (χ3v) is 6.54. The normalized spacial score (nSPS) is 21.0. The van der Waals surface area contributed by atoms with Crippen molar-refractivity contribution >= 4 is 5.91 Å². The number of carbonyl (C=O) groups is 1. The minimum absolute atomic E-state index is 0.0160. The zero-order valence-electron chi connectivity index (χ0n) is 17.8. The predicted molar refractivity (Wildman–Crippen MR) is 115 cm³/mol. The molecule has 5 nitrogen and oxygen atoms in total. The summed E-state index contributed by atoms with van der Waals surface area (Å²) in [5, 5.41) is 4.31. The van der Waals surface area contributed by atoms with Crippen LogP contribution in [0.1, 0.15) is 43.5 Å². The smallest absolute Gasteiger partial charge is 0.257 e. The Balaban J connectivity index is 1.39. The molecule has 1 aromatic heterocycles. The highest BCUT2D eigenvalue weighted by Crippen LogP contribution is 2.46. The van der Waals surface area contributed by atoms with Crippen molar-refractivity contribution in [2.75, 3.05) is 13.1 Å². The molecule has 1 saturated heterocycles. The summed E-state index contributed by atoms with van der Waals surface area (Å²) in [4.78, 5) is 19.6. The quantitative estimate of drug-likeness (QED) is 0.549. The van der Waals surface area contributed by atoms with Gasteiger partial charge in [0.1, 0.15) is 11.6 Å². The fourth-order valence-corrected chi connectivity index (χ4v) is 4.74. The summed E-state index contributed by atoms with van der Waals surface area (Å²) in [6.07, 6.45) is 5.18. The molecule has 1 unspecified atom stereocenters. The number of hydrogen-bond donors (Lipinski definition) is 0. The lowest BCUT2D eigenvalue weighted by Gasteiger charge is -2.41. The molecule has 32 heavy (non-hydrogen) atoms. The largest absolute Gasteiger partial charge is 0.341 e. The van der Waals surface area contributed by atoms with E-state index < -0.39 is 0 Å². The van der Waals surface area contributed by atoms with Gasteiger partial charge in [0.15, 0.2) is 5.82 Å². The van der Waals surface area contributed by atoms with Gasteiger partial charge in [0.2, 0.25) is 5.91 Å². The summed E-state index contributed by atoms with van der Waals surface area (Å²) in [5.41, 5.74) is 0.979. The van der Waals surface area contributed by atoms with Gasteiger partial charge in [0, 0.05) is 18.7 Å². The fraction of sp³-hybridized carbons (Fsp3) is 0.400. The third-order valence-electron chi connectivity index (χ3n) is 6.54. The molecule has 7 heteroatoms. The van der Waals surface area contributed by atoms with Gasteiger partial charge in [0.25, 0.3) is 5.89 Å². The van der Waals surface area contributed by atoms with Crippen LogP contribution in [0.5, 0.6) is 0 Å². The van der Waals surface area contributed by atoms with Crippen LogP contribution in [0.3, 0.4) is 0 Å². The van der Waals surface area contributed by atoms with Crippen LogP contribution in [0, 0.1) is 17.6 Å². The van der Waals surface area contributed by atoms with Crippen LogP contribution in [0.2, 0.25) is 0 Å². The first kappa shape index (κ1) is 20.8. The van der Waals surface area contributed by atoms with E-state index in [4.69, 9.17) is 4.52 Å². The van der Waals surface area contributed by atoms with Gasteiger partial charge in [0.05, 0.1) is 11.8 Å². The van der Waals surface area contributed by atoms with Crippen molar-refractivity contribution in [1.82, 2.24) is 15.0 Å². The first-order chi connectivity index (χ1) is 15.5. The lowest BCUT2D eigenvalue weighted by atomic mass is 9.74. The lowest BCUT2D eigenvalue weighted by molar-refractivity contribution is -0.133. The molecule has 1 saturated carbocycles. The van der Waals surface area contributed by atoms with Crippen molar-refractivity contribution in [2.45, 2.75) is 43.9 Å². The molecule has 1 amide bonds.